The summed E-state index contributed by atoms with van der Waals surface area (Å²) in [4.78, 5) is 21.9. The number of benzene rings is 1. The highest BCUT2D eigenvalue weighted by atomic mass is 32.1. The average molecular weight is 401 g/mol. The van der Waals surface area contributed by atoms with E-state index in [1.54, 1.807) is 11.3 Å². The smallest absolute Gasteiger partial charge is 0.341 e. The Morgan fingerprint density at radius 1 is 1.25 bits per heavy atom. The van der Waals surface area contributed by atoms with E-state index in [9.17, 15) is 9.18 Å². The fourth-order valence-electron chi connectivity index (χ4n) is 2.75. The second-order valence-corrected chi connectivity index (χ2v) is 7.46. The van der Waals surface area contributed by atoms with Crippen LogP contribution in [0.1, 0.15) is 23.1 Å². The summed E-state index contributed by atoms with van der Waals surface area (Å²) in [6.07, 6.45) is 0.694. The topological polar surface area (TPSA) is 84.3 Å². The van der Waals surface area contributed by atoms with Gasteiger partial charge in [-0.2, -0.15) is 0 Å². The number of thiophene rings is 1. The molecule has 0 amide bonds. The zero-order valence-electron chi connectivity index (χ0n) is 15.7. The third kappa shape index (κ3) is 4.45. The van der Waals surface area contributed by atoms with E-state index in [2.05, 4.69) is 15.3 Å². The first kappa shape index (κ1) is 19.8. The van der Waals surface area contributed by atoms with E-state index in [4.69, 9.17) is 9.84 Å². The largest absolute Gasteiger partial charge is 0.482 e. The number of halogens is 1. The number of carboxylic acids is 1. The summed E-state index contributed by atoms with van der Waals surface area (Å²) in [5.41, 5.74) is 1.97. The van der Waals surface area contributed by atoms with E-state index >= 15 is 0 Å². The Hall–Kier alpha value is -3.00. The normalized spacial score (nSPS) is 10.7. The molecule has 0 bridgehead atoms. The molecule has 0 aliphatic rings. The summed E-state index contributed by atoms with van der Waals surface area (Å²) in [6, 6.07) is 8.14. The third-order valence-electron chi connectivity index (χ3n) is 4.08. The van der Waals surface area contributed by atoms with Crippen molar-refractivity contribution in [2.24, 2.45) is 0 Å². The van der Waals surface area contributed by atoms with Crippen LogP contribution in [-0.4, -0.2) is 27.7 Å². The highest BCUT2D eigenvalue weighted by Gasteiger charge is 2.15. The van der Waals surface area contributed by atoms with E-state index in [0.717, 1.165) is 27.1 Å². The van der Waals surface area contributed by atoms with Crippen LogP contribution in [0, 0.1) is 19.7 Å². The molecule has 146 valence electrons. The van der Waals surface area contributed by atoms with Crippen molar-refractivity contribution in [2.75, 3.05) is 11.9 Å². The molecule has 8 heteroatoms. The minimum Gasteiger partial charge on any atom is -0.482 e. The van der Waals surface area contributed by atoms with Crippen molar-refractivity contribution >= 4 is 28.8 Å². The zero-order chi connectivity index (χ0) is 20.3. The van der Waals surface area contributed by atoms with Gasteiger partial charge in [-0.1, -0.05) is 6.92 Å². The van der Waals surface area contributed by atoms with Gasteiger partial charge in [-0.25, -0.2) is 19.2 Å². The quantitative estimate of drug-likeness (QED) is 0.595. The number of aryl methyl sites for hydroxylation is 2. The Morgan fingerprint density at radius 3 is 2.64 bits per heavy atom. The van der Waals surface area contributed by atoms with Crippen LogP contribution in [0.4, 0.5) is 15.9 Å². The van der Waals surface area contributed by atoms with E-state index in [0.29, 0.717) is 18.1 Å². The van der Waals surface area contributed by atoms with E-state index in [1.807, 2.05) is 32.9 Å². The summed E-state index contributed by atoms with van der Waals surface area (Å²) in [6.45, 7) is 5.39. The summed E-state index contributed by atoms with van der Waals surface area (Å²) in [5.74, 6) is -0.390. The molecule has 0 unspecified atom stereocenters. The van der Waals surface area contributed by atoms with Crippen molar-refractivity contribution in [1.29, 1.82) is 0 Å². The van der Waals surface area contributed by atoms with Gasteiger partial charge < -0.3 is 15.2 Å². The molecule has 0 radical (unpaired) electrons. The molecule has 3 rings (SSSR count). The lowest BCUT2D eigenvalue weighted by Gasteiger charge is -2.14. The van der Waals surface area contributed by atoms with E-state index in [-0.39, 0.29) is 11.4 Å². The Labute approximate surface area is 166 Å². The SMILES string of the molecule is CCc1c(C)nc(-c2ccc(C)s2)nc1Nc1ccc(OCC(=O)O)cc1F. The number of rotatable bonds is 7. The molecule has 0 aliphatic heterocycles. The number of carboxylic acid groups (broad SMARTS) is 1. The van der Waals surface area contributed by atoms with Gasteiger partial charge in [0.2, 0.25) is 0 Å². The van der Waals surface area contributed by atoms with Gasteiger partial charge in [-0.05, 0) is 44.5 Å². The van der Waals surface area contributed by atoms with Crippen LogP contribution in [0.3, 0.4) is 0 Å². The number of aliphatic carboxylic acids is 1. The Kier molecular flexibility index (Phi) is 5.89. The molecule has 3 aromatic rings. The highest BCUT2D eigenvalue weighted by molar-refractivity contribution is 7.15. The van der Waals surface area contributed by atoms with E-state index in [1.165, 1.54) is 12.1 Å². The van der Waals surface area contributed by atoms with Crippen LogP contribution in [0.2, 0.25) is 0 Å². The van der Waals surface area contributed by atoms with E-state index < -0.39 is 18.4 Å². The molecule has 0 aliphatic carbocycles. The molecule has 0 atom stereocenters. The van der Waals surface area contributed by atoms with Gasteiger partial charge >= 0.3 is 5.97 Å². The first-order chi connectivity index (χ1) is 13.4. The fraction of sp³-hybridized carbons (Fsp3) is 0.250. The number of aromatic nitrogens is 2. The maximum atomic E-state index is 14.5. The lowest BCUT2D eigenvalue weighted by atomic mass is 10.1. The number of hydrogen-bond donors (Lipinski definition) is 2. The standard InChI is InChI=1S/C20H20FN3O3S/c1-4-14-12(3)22-20(17-8-5-11(2)28-17)24-19(14)23-16-7-6-13(9-15(16)21)27-10-18(25)26/h5-9H,4,10H2,1-3H3,(H,25,26)(H,22,23,24). The summed E-state index contributed by atoms with van der Waals surface area (Å²) < 4.78 is 19.5. The van der Waals surface area contributed by atoms with Gasteiger partial charge in [0.15, 0.2) is 12.4 Å². The number of nitrogens with zero attached hydrogens (tertiary/aromatic N) is 2. The molecule has 0 saturated heterocycles. The average Bonchev–Trinajstić information content (AvgIpc) is 3.08. The van der Waals surface area contributed by atoms with Crippen molar-refractivity contribution in [2.45, 2.75) is 27.2 Å². The van der Waals surface area contributed by atoms with Crippen LogP contribution < -0.4 is 10.1 Å². The molecule has 6 nitrogen and oxygen atoms in total. The van der Waals surface area contributed by atoms with Gasteiger partial charge in [0, 0.05) is 22.2 Å². The monoisotopic (exact) mass is 401 g/mol. The summed E-state index contributed by atoms with van der Waals surface area (Å²) in [5, 5.41) is 11.7. The number of ether oxygens (including phenoxy) is 1. The number of carbonyl (C=O) groups is 1. The van der Waals surface area contributed by atoms with Gasteiger partial charge in [0.25, 0.3) is 0 Å². The zero-order valence-corrected chi connectivity index (χ0v) is 16.6. The second kappa shape index (κ2) is 8.35. The fourth-order valence-corrected chi connectivity index (χ4v) is 3.55. The van der Waals surface area contributed by atoms with Crippen molar-refractivity contribution in [3.63, 3.8) is 0 Å². The number of anilines is 2. The molecule has 0 spiro atoms. The third-order valence-corrected chi connectivity index (χ3v) is 5.08. The van der Waals surface area contributed by atoms with Crippen LogP contribution in [0.5, 0.6) is 5.75 Å². The van der Waals surface area contributed by atoms with Crippen LogP contribution in [0.15, 0.2) is 30.3 Å². The summed E-state index contributed by atoms with van der Waals surface area (Å²) in [7, 11) is 0. The van der Waals surface area contributed by atoms with Crippen LogP contribution >= 0.6 is 11.3 Å². The van der Waals surface area contributed by atoms with Crippen molar-refractivity contribution in [3.05, 3.63) is 52.3 Å². The predicted octanol–water partition coefficient (Wildman–Crippen LogP) is 4.73. The van der Waals surface area contributed by atoms with Crippen LogP contribution in [0.25, 0.3) is 10.7 Å². The molecule has 0 saturated carbocycles. The first-order valence-electron chi connectivity index (χ1n) is 8.73. The van der Waals surface area contributed by atoms with Gasteiger partial charge in [0.05, 0.1) is 10.6 Å². The molecule has 2 heterocycles. The minimum absolute atomic E-state index is 0.148. The summed E-state index contributed by atoms with van der Waals surface area (Å²) >= 11 is 1.60. The molecular formula is C20H20FN3O3S. The molecule has 2 N–H and O–H groups in total. The van der Waals surface area contributed by atoms with Gasteiger partial charge in [-0.3, -0.25) is 0 Å². The molecule has 1 aromatic carbocycles. The Morgan fingerprint density at radius 2 is 2.04 bits per heavy atom. The Bertz CT molecular complexity index is 1020. The lowest BCUT2D eigenvalue weighted by molar-refractivity contribution is -0.139. The minimum atomic E-state index is -1.12. The maximum Gasteiger partial charge on any atom is 0.341 e. The first-order valence-corrected chi connectivity index (χ1v) is 9.54. The molecular weight excluding hydrogens is 381 g/mol. The number of hydrogen-bond acceptors (Lipinski definition) is 6. The predicted molar refractivity (Wildman–Crippen MR) is 107 cm³/mol. The van der Waals surface area contributed by atoms with Gasteiger partial charge in [0.1, 0.15) is 17.4 Å². The van der Waals surface area contributed by atoms with Crippen molar-refractivity contribution in [1.82, 2.24) is 9.97 Å². The molecule has 28 heavy (non-hydrogen) atoms. The highest BCUT2D eigenvalue weighted by Crippen LogP contribution is 2.30. The lowest BCUT2D eigenvalue weighted by Crippen LogP contribution is -2.10. The molecule has 2 aromatic heterocycles. The maximum absolute atomic E-state index is 14.5. The number of nitrogens with one attached hydrogen (secondary N) is 1. The van der Waals surface area contributed by atoms with Crippen molar-refractivity contribution < 1.29 is 19.0 Å². The van der Waals surface area contributed by atoms with Crippen LogP contribution in [-0.2, 0) is 11.2 Å². The van der Waals surface area contributed by atoms with Gasteiger partial charge in [-0.15, -0.1) is 11.3 Å². The molecule has 0 fully saturated rings. The Balaban J connectivity index is 1.92. The van der Waals surface area contributed by atoms with Crippen molar-refractivity contribution in [3.8, 4) is 16.5 Å². The second-order valence-electron chi connectivity index (χ2n) is 6.17.